The molecule has 1 fully saturated rings. The maximum absolute atomic E-state index is 12.5. The molecule has 0 saturated carbocycles. The van der Waals surface area contributed by atoms with Crippen LogP contribution >= 0.6 is 11.6 Å². The Hall–Kier alpha value is -2.88. The first-order valence-electron chi connectivity index (χ1n) is 9.73. The van der Waals surface area contributed by atoms with Gasteiger partial charge >= 0.3 is 0 Å². The highest BCUT2D eigenvalue weighted by molar-refractivity contribution is 7.92. The molecule has 0 radical (unpaired) electrons. The van der Waals surface area contributed by atoms with Crippen LogP contribution in [-0.4, -0.2) is 44.7 Å². The van der Waals surface area contributed by atoms with Gasteiger partial charge < -0.3 is 15.0 Å². The van der Waals surface area contributed by atoms with Crippen molar-refractivity contribution in [3.8, 4) is 0 Å². The summed E-state index contributed by atoms with van der Waals surface area (Å²) < 4.78 is 33.0. The summed E-state index contributed by atoms with van der Waals surface area (Å²) >= 11 is 5.83. The summed E-state index contributed by atoms with van der Waals surface area (Å²) in [5.74, 6) is 1.33. The van der Waals surface area contributed by atoms with Crippen LogP contribution in [0.15, 0.2) is 59.5 Å². The number of morpholine rings is 1. The summed E-state index contributed by atoms with van der Waals surface area (Å²) in [4.78, 5) is 11.4. The number of anilines is 4. The lowest BCUT2D eigenvalue weighted by Gasteiger charge is -2.28. The van der Waals surface area contributed by atoms with Crippen LogP contribution in [0.2, 0.25) is 5.02 Å². The van der Waals surface area contributed by atoms with Crippen molar-refractivity contribution in [2.45, 2.75) is 11.8 Å². The standard InChI is InChI=1S/C21H22ClN5O3S/c1-15-14-20(27-10-12-30-13-11-27)25-21(23-15)24-17-4-6-18(7-5-17)26-31(28,29)19-8-2-16(22)3-9-19/h2-9,14,26H,10-13H2,1H3,(H,23,24,25). The monoisotopic (exact) mass is 459 g/mol. The molecule has 0 atom stereocenters. The summed E-state index contributed by atoms with van der Waals surface area (Å²) in [5, 5.41) is 3.66. The number of sulfonamides is 1. The molecule has 3 aromatic rings. The van der Waals surface area contributed by atoms with Gasteiger partial charge in [0, 0.05) is 41.2 Å². The molecule has 0 spiro atoms. The molecule has 0 aliphatic carbocycles. The first-order valence-corrected chi connectivity index (χ1v) is 11.6. The van der Waals surface area contributed by atoms with Crippen molar-refractivity contribution < 1.29 is 13.2 Å². The second-order valence-electron chi connectivity index (χ2n) is 7.05. The predicted molar refractivity (Wildman–Crippen MR) is 122 cm³/mol. The number of nitrogens with zero attached hydrogens (tertiary/aromatic N) is 3. The van der Waals surface area contributed by atoms with Gasteiger partial charge in [0.1, 0.15) is 5.82 Å². The van der Waals surface area contributed by atoms with E-state index in [4.69, 9.17) is 16.3 Å². The van der Waals surface area contributed by atoms with Gasteiger partial charge in [0.05, 0.1) is 18.1 Å². The van der Waals surface area contributed by atoms with Crippen molar-refractivity contribution in [1.29, 1.82) is 0 Å². The van der Waals surface area contributed by atoms with Crippen LogP contribution in [0.3, 0.4) is 0 Å². The Bertz CT molecular complexity index is 1150. The molecule has 1 aliphatic rings. The summed E-state index contributed by atoms with van der Waals surface area (Å²) in [6.45, 7) is 4.86. The number of hydrogen-bond acceptors (Lipinski definition) is 7. The number of benzene rings is 2. The fourth-order valence-corrected chi connectivity index (χ4v) is 4.33. The van der Waals surface area contributed by atoms with Crippen LogP contribution in [0.5, 0.6) is 0 Å². The van der Waals surface area contributed by atoms with E-state index in [0.717, 1.165) is 30.3 Å². The average molecular weight is 460 g/mol. The van der Waals surface area contributed by atoms with E-state index in [2.05, 4.69) is 24.9 Å². The first-order chi connectivity index (χ1) is 14.9. The topological polar surface area (TPSA) is 96.5 Å². The maximum atomic E-state index is 12.5. The SMILES string of the molecule is Cc1cc(N2CCOCC2)nc(Nc2ccc(NS(=O)(=O)c3ccc(Cl)cc3)cc2)n1. The van der Waals surface area contributed by atoms with Crippen molar-refractivity contribution in [1.82, 2.24) is 9.97 Å². The number of nitrogens with one attached hydrogen (secondary N) is 2. The molecule has 2 heterocycles. The smallest absolute Gasteiger partial charge is 0.261 e. The summed E-state index contributed by atoms with van der Waals surface area (Å²) in [5.41, 5.74) is 2.04. The van der Waals surface area contributed by atoms with E-state index in [9.17, 15) is 8.42 Å². The maximum Gasteiger partial charge on any atom is 0.261 e. The minimum absolute atomic E-state index is 0.142. The average Bonchev–Trinajstić information content (AvgIpc) is 2.75. The Labute approximate surface area is 186 Å². The lowest BCUT2D eigenvalue weighted by atomic mass is 10.3. The van der Waals surface area contributed by atoms with Crippen molar-refractivity contribution in [3.05, 3.63) is 65.3 Å². The highest BCUT2D eigenvalue weighted by Crippen LogP contribution is 2.22. The van der Waals surface area contributed by atoms with E-state index in [0.29, 0.717) is 29.9 Å². The lowest BCUT2D eigenvalue weighted by molar-refractivity contribution is 0.122. The van der Waals surface area contributed by atoms with Gasteiger partial charge in [-0.3, -0.25) is 4.72 Å². The summed E-state index contributed by atoms with van der Waals surface area (Å²) in [6.07, 6.45) is 0. The second kappa shape index (κ2) is 9.09. The third-order valence-electron chi connectivity index (χ3n) is 4.69. The lowest BCUT2D eigenvalue weighted by Crippen LogP contribution is -2.36. The van der Waals surface area contributed by atoms with Crippen LogP contribution in [0.4, 0.5) is 23.1 Å². The number of hydrogen-bond donors (Lipinski definition) is 2. The molecule has 1 aliphatic heterocycles. The Balaban J connectivity index is 1.46. The quantitative estimate of drug-likeness (QED) is 0.578. The largest absolute Gasteiger partial charge is 0.378 e. The van der Waals surface area contributed by atoms with Gasteiger partial charge in [0.15, 0.2) is 0 Å². The van der Waals surface area contributed by atoms with Crippen molar-refractivity contribution in [3.63, 3.8) is 0 Å². The molecule has 2 N–H and O–H groups in total. The van der Waals surface area contributed by atoms with Gasteiger partial charge in [0.2, 0.25) is 5.95 Å². The minimum atomic E-state index is -3.69. The number of aromatic nitrogens is 2. The Morgan fingerprint density at radius 2 is 1.61 bits per heavy atom. The molecule has 10 heteroatoms. The van der Waals surface area contributed by atoms with Crippen molar-refractivity contribution in [2.75, 3.05) is 41.2 Å². The van der Waals surface area contributed by atoms with Crippen LogP contribution in [0, 0.1) is 6.92 Å². The van der Waals surface area contributed by atoms with E-state index in [-0.39, 0.29) is 4.90 Å². The Morgan fingerprint density at radius 1 is 0.968 bits per heavy atom. The van der Waals surface area contributed by atoms with E-state index >= 15 is 0 Å². The van der Waals surface area contributed by atoms with Gasteiger partial charge in [-0.15, -0.1) is 0 Å². The van der Waals surface area contributed by atoms with Gasteiger partial charge in [-0.2, -0.15) is 4.98 Å². The van der Waals surface area contributed by atoms with Gasteiger partial charge in [-0.05, 0) is 55.5 Å². The zero-order valence-electron chi connectivity index (χ0n) is 16.9. The highest BCUT2D eigenvalue weighted by Gasteiger charge is 2.15. The van der Waals surface area contributed by atoms with Crippen molar-refractivity contribution in [2.24, 2.45) is 0 Å². The van der Waals surface area contributed by atoms with Crippen LogP contribution in [0.25, 0.3) is 0 Å². The molecular weight excluding hydrogens is 438 g/mol. The van der Waals surface area contributed by atoms with Crippen molar-refractivity contribution >= 4 is 44.8 Å². The fourth-order valence-electron chi connectivity index (χ4n) is 3.14. The number of halogens is 1. The molecule has 4 rings (SSSR count). The molecule has 0 amide bonds. The molecule has 2 aromatic carbocycles. The molecule has 8 nitrogen and oxygen atoms in total. The van der Waals surface area contributed by atoms with E-state index in [1.165, 1.54) is 24.3 Å². The van der Waals surface area contributed by atoms with Gasteiger partial charge in [0.25, 0.3) is 10.0 Å². The minimum Gasteiger partial charge on any atom is -0.378 e. The molecule has 0 unspecified atom stereocenters. The third-order valence-corrected chi connectivity index (χ3v) is 6.34. The summed E-state index contributed by atoms with van der Waals surface area (Å²) in [7, 11) is -3.69. The molecule has 31 heavy (non-hydrogen) atoms. The van der Waals surface area contributed by atoms with E-state index in [1.807, 2.05) is 13.0 Å². The van der Waals surface area contributed by atoms with Gasteiger partial charge in [-0.25, -0.2) is 13.4 Å². The molecule has 1 saturated heterocycles. The fraction of sp³-hybridized carbons (Fsp3) is 0.238. The van der Waals surface area contributed by atoms with E-state index in [1.54, 1.807) is 24.3 Å². The van der Waals surface area contributed by atoms with Gasteiger partial charge in [-0.1, -0.05) is 11.6 Å². The normalized spacial score (nSPS) is 14.3. The molecule has 162 valence electrons. The zero-order chi connectivity index (χ0) is 21.8. The van der Waals surface area contributed by atoms with Crippen LogP contribution in [0.1, 0.15) is 5.69 Å². The Kier molecular flexibility index (Phi) is 6.26. The van der Waals surface area contributed by atoms with Crippen LogP contribution < -0.4 is 14.9 Å². The van der Waals surface area contributed by atoms with Crippen LogP contribution in [-0.2, 0) is 14.8 Å². The second-order valence-corrected chi connectivity index (χ2v) is 9.17. The summed E-state index contributed by atoms with van der Waals surface area (Å²) in [6, 6.07) is 14.8. The number of ether oxygens (including phenoxy) is 1. The number of aryl methyl sites for hydroxylation is 1. The predicted octanol–water partition coefficient (Wildman–Crippen LogP) is 3.82. The first kappa shape index (κ1) is 21.4. The number of rotatable bonds is 6. The molecule has 1 aromatic heterocycles. The highest BCUT2D eigenvalue weighted by atomic mass is 35.5. The third kappa shape index (κ3) is 5.43. The molecular formula is C21H22ClN5O3S. The molecule has 0 bridgehead atoms. The zero-order valence-corrected chi connectivity index (χ0v) is 18.4. The van der Waals surface area contributed by atoms with E-state index < -0.39 is 10.0 Å². The Morgan fingerprint density at radius 3 is 2.29 bits per heavy atom.